The highest BCUT2D eigenvalue weighted by molar-refractivity contribution is 6.08. The molecule has 2 rings (SSSR count). The first kappa shape index (κ1) is 13.7. The number of nitrogens with two attached hydrogens (primary N) is 1. The Labute approximate surface area is 115 Å². The molecule has 2 aromatic carbocycles. The van der Waals surface area contributed by atoms with Crippen LogP contribution in [0.3, 0.4) is 0 Å². The zero-order valence-corrected chi connectivity index (χ0v) is 10.8. The van der Waals surface area contributed by atoms with Gasteiger partial charge in [-0.25, -0.2) is 4.39 Å². The molecule has 0 aliphatic carbocycles. The predicted molar refractivity (Wildman–Crippen MR) is 74.1 cm³/mol. The molecule has 0 unspecified atom stereocenters. The van der Waals surface area contributed by atoms with Crippen LogP contribution in [-0.4, -0.2) is 11.8 Å². The van der Waals surface area contributed by atoms with E-state index in [1.807, 2.05) is 0 Å². The Morgan fingerprint density at radius 1 is 1.15 bits per heavy atom. The van der Waals surface area contributed by atoms with Crippen molar-refractivity contribution in [2.24, 2.45) is 5.73 Å². The third-order valence-electron chi connectivity index (χ3n) is 2.86. The van der Waals surface area contributed by atoms with Crippen LogP contribution in [0.25, 0.3) is 0 Å². The average Bonchev–Trinajstić information content (AvgIpc) is 2.42. The van der Waals surface area contributed by atoms with Crippen molar-refractivity contribution >= 4 is 17.5 Å². The van der Waals surface area contributed by atoms with E-state index in [0.29, 0.717) is 16.8 Å². The van der Waals surface area contributed by atoms with Gasteiger partial charge in [-0.15, -0.1) is 0 Å². The molecule has 0 aliphatic rings. The number of anilines is 1. The van der Waals surface area contributed by atoms with Gasteiger partial charge in [-0.3, -0.25) is 9.59 Å². The summed E-state index contributed by atoms with van der Waals surface area (Å²) >= 11 is 0. The number of halogens is 1. The number of rotatable bonds is 3. The molecule has 0 heterocycles. The Morgan fingerprint density at radius 3 is 2.50 bits per heavy atom. The summed E-state index contributed by atoms with van der Waals surface area (Å²) in [5.41, 5.74) is 6.47. The largest absolute Gasteiger partial charge is 0.366 e. The highest BCUT2D eigenvalue weighted by Gasteiger charge is 2.12. The molecule has 2 amide bonds. The highest BCUT2D eigenvalue weighted by Crippen LogP contribution is 2.16. The van der Waals surface area contributed by atoms with E-state index in [2.05, 4.69) is 5.32 Å². The van der Waals surface area contributed by atoms with Gasteiger partial charge in [-0.1, -0.05) is 12.1 Å². The molecule has 0 radical (unpaired) electrons. The minimum absolute atomic E-state index is 0.222. The number of hydrogen-bond donors (Lipinski definition) is 2. The third kappa shape index (κ3) is 2.83. The first-order chi connectivity index (χ1) is 9.49. The Hall–Kier alpha value is -2.69. The van der Waals surface area contributed by atoms with E-state index in [1.54, 1.807) is 25.1 Å². The van der Waals surface area contributed by atoms with Crippen molar-refractivity contribution < 1.29 is 14.0 Å². The summed E-state index contributed by atoms with van der Waals surface area (Å²) in [6.45, 7) is 1.57. The van der Waals surface area contributed by atoms with Gasteiger partial charge in [-0.05, 0) is 42.8 Å². The van der Waals surface area contributed by atoms with Crippen LogP contribution in [0, 0.1) is 12.7 Å². The number of para-hydroxylation sites is 1. The number of primary amides is 1. The lowest BCUT2D eigenvalue weighted by Crippen LogP contribution is -2.18. The van der Waals surface area contributed by atoms with Gasteiger partial charge < -0.3 is 11.1 Å². The van der Waals surface area contributed by atoms with Gasteiger partial charge in [0.1, 0.15) is 5.82 Å². The van der Waals surface area contributed by atoms with Crippen molar-refractivity contribution in [3.63, 3.8) is 0 Å². The average molecular weight is 272 g/mol. The van der Waals surface area contributed by atoms with Crippen molar-refractivity contribution in [1.29, 1.82) is 0 Å². The van der Waals surface area contributed by atoms with E-state index in [1.165, 1.54) is 24.3 Å². The second kappa shape index (κ2) is 5.52. The zero-order chi connectivity index (χ0) is 14.7. The maximum Gasteiger partial charge on any atom is 0.255 e. The molecule has 3 N–H and O–H groups in total. The van der Waals surface area contributed by atoms with Crippen LogP contribution < -0.4 is 11.1 Å². The quantitative estimate of drug-likeness (QED) is 0.901. The fraction of sp³-hybridized carbons (Fsp3) is 0.0667. The van der Waals surface area contributed by atoms with Crippen LogP contribution in [0.1, 0.15) is 26.3 Å². The van der Waals surface area contributed by atoms with E-state index < -0.39 is 11.8 Å². The second-order valence-electron chi connectivity index (χ2n) is 4.33. The smallest absolute Gasteiger partial charge is 0.255 e. The third-order valence-corrected chi connectivity index (χ3v) is 2.86. The summed E-state index contributed by atoms with van der Waals surface area (Å²) in [7, 11) is 0. The maximum absolute atomic E-state index is 13.2. The van der Waals surface area contributed by atoms with E-state index in [0.717, 1.165) is 0 Å². The number of carbonyl (C=O) groups is 2. The molecule has 0 saturated carbocycles. The van der Waals surface area contributed by atoms with Crippen molar-refractivity contribution in [2.45, 2.75) is 6.92 Å². The number of hydrogen-bond acceptors (Lipinski definition) is 2. The van der Waals surface area contributed by atoms with Crippen LogP contribution in [0.15, 0.2) is 42.5 Å². The summed E-state index contributed by atoms with van der Waals surface area (Å²) in [4.78, 5) is 23.3. The van der Waals surface area contributed by atoms with Crippen LogP contribution >= 0.6 is 0 Å². The number of aryl methyl sites for hydroxylation is 1. The highest BCUT2D eigenvalue weighted by atomic mass is 19.1. The summed E-state index contributed by atoms with van der Waals surface area (Å²) in [5, 5.41) is 2.59. The Bertz CT molecular complexity index is 683. The number of carbonyl (C=O) groups excluding carboxylic acids is 2. The maximum atomic E-state index is 13.2. The Kier molecular flexibility index (Phi) is 3.79. The van der Waals surface area contributed by atoms with Crippen LogP contribution in [0.2, 0.25) is 0 Å². The summed E-state index contributed by atoms with van der Waals surface area (Å²) < 4.78 is 13.2. The van der Waals surface area contributed by atoms with E-state index in [-0.39, 0.29) is 11.4 Å². The van der Waals surface area contributed by atoms with Gasteiger partial charge in [0.15, 0.2) is 0 Å². The topological polar surface area (TPSA) is 72.2 Å². The van der Waals surface area contributed by atoms with E-state index in [4.69, 9.17) is 5.73 Å². The summed E-state index contributed by atoms with van der Waals surface area (Å²) in [6, 6.07) is 10.5. The molecule has 5 heteroatoms. The lowest BCUT2D eigenvalue weighted by molar-refractivity contribution is 0.100. The van der Waals surface area contributed by atoms with Crippen LogP contribution in [0.5, 0.6) is 0 Å². The minimum atomic E-state index is -0.629. The van der Waals surface area contributed by atoms with Gasteiger partial charge in [0, 0.05) is 5.56 Å². The lowest BCUT2D eigenvalue weighted by atomic mass is 10.1. The molecule has 0 spiro atoms. The molecule has 0 atom stereocenters. The molecule has 4 nitrogen and oxygen atoms in total. The molecule has 0 aliphatic heterocycles. The SMILES string of the molecule is Cc1cc(C(=O)Nc2ccccc2C(N)=O)ccc1F. The first-order valence-corrected chi connectivity index (χ1v) is 5.95. The fourth-order valence-corrected chi connectivity index (χ4v) is 1.79. The molecule has 20 heavy (non-hydrogen) atoms. The Morgan fingerprint density at radius 2 is 1.85 bits per heavy atom. The van der Waals surface area contributed by atoms with Crippen LogP contribution in [-0.2, 0) is 0 Å². The normalized spacial score (nSPS) is 10.1. The molecule has 102 valence electrons. The van der Waals surface area contributed by atoms with E-state index >= 15 is 0 Å². The van der Waals surface area contributed by atoms with Gasteiger partial charge in [0.25, 0.3) is 11.8 Å². The molecule has 0 fully saturated rings. The fourth-order valence-electron chi connectivity index (χ4n) is 1.79. The molecular formula is C15H13FN2O2. The molecule has 2 aromatic rings. The van der Waals surface area contributed by atoms with Crippen molar-refractivity contribution in [2.75, 3.05) is 5.32 Å². The molecular weight excluding hydrogens is 259 g/mol. The van der Waals surface area contributed by atoms with Gasteiger partial charge in [0.2, 0.25) is 0 Å². The van der Waals surface area contributed by atoms with Crippen LogP contribution in [0.4, 0.5) is 10.1 Å². The van der Waals surface area contributed by atoms with Crippen molar-refractivity contribution in [3.8, 4) is 0 Å². The number of benzene rings is 2. The standard InChI is InChI=1S/C15H13FN2O2/c1-9-8-10(6-7-12(9)16)15(20)18-13-5-3-2-4-11(13)14(17)19/h2-8H,1H3,(H2,17,19)(H,18,20). The first-order valence-electron chi connectivity index (χ1n) is 5.95. The molecule has 0 saturated heterocycles. The zero-order valence-electron chi connectivity index (χ0n) is 10.8. The molecule has 0 bridgehead atoms. The van der Waals surface area contributed by atoms with Gasteiger partial charge in [-0.2, -0.15) is 0 Å². The Balaban J connectivity index is 2.28. The summed E-state index contributed by atoms with van der Waals surface area (Å²) in [6.07, 6.45) is 0. The monoisotopic (exact) mass is 272 g/mol. The van der Waals surface area contributed by atoms with Crippen molar-refractivity contribution in [1.82, 2.24) is 0 Å². The van der Waals surface area contributed by atoms with Gasteiger partial charge in [0.05, 0.1) is 11.3 Å². The lowest BCUT2D eigenvalue weighted by Gasteiger charge is -2.09. The molecule has 0 aromatic heterocycles. The van der Waals surface area contributed by atoms with Gasteiger partial charge >= 0.3 is 0 Å². The van der Waals surface area contributed by atoms with E-state index in [9.17, 15) is 14.0 Å². The predicted octanol–water partition coefficient (Wildman–Crippen LogP) is 2.49. The summed E-state index contributed by atoms with van der Waals surface area (Å²) in [5.74, 6) is -1.43. The number of nitrogens with one attached hydrogen (secondary N) is 1. The second-order valence-corrected chi connectivity index (χ2v) is 4.33. The van der Waals surface area contributed by atoms with Crippen molar-refractivity contribution in [3.05, 3.63) is 65.0 Å². The minimum Gasteiger partial charge on any atom is -0.366 e. The number of amides is 2.